The van der Waals surface area contributed by atoms with E-state index in [1.807, 2.05) is 24.3 Å². The van der Waals surface area contributed by atoms with Crippen LogP contribution in [0.3, 0.4) is 0 Å². The molecule has 0 unspecified atom stereocenters. The molecule has 0 atom stereocenters. The van der Waals surface area contributed by atoms with Gasteiger partial charge in [-0.25, -0.2) is 0 Å². The van der Waals surface area contributed by atoms with Crippen LogP contribution in [0.5, 0.6) is 0 Å². The van der Waals surface area contributed by atoms with Crippen LogP contribution < -0.4 is 0 Å². The highest BCUT2D eigenvalue weighted by Crippen LogP contribution is 1.97. The van der Waals surface area contributed by atoms with E-state index in [1.165, 1.54) is 0 Å². The molecular weight excluding hydrogens is 154 g/mol. The number of hydrogen-bond donors (Lipinski definition) is 1. The van der Waals surface area contributed by atoms with Crippen molar-refractivity contribution < 1.29 is 0 Å². The molecule has 0 saturated carbocycles. The van der Waals surface area contributed by atoms with Crippen LogP contribution >= 0.6 is 12.6 Å². The molecular formula is C9H11NS. The Morgan fingerprint density at radius 2 is 2.36 bits per heavy atom. The minimum Gasteiger partial charge on any atom is -0.257 e. The number of nitrogens with zero attached hydrogens (tertiary/aromatic N) is 1. The molecule has 0 bridgehead atoms. The zero-order valence-electron chi connectivity index (χ0n) is 6.27. The van der Waals surface area contributed by atoms with Crippen molar-refractivity contribution in [2.45, 2.75) is 6.42 Å². The van der Waals surface area contributed by atoms with Crippen molar-refractivity contribution in [2.24, 2.45) is 0 Å². The summed E-state index contributed by atoms with van der Waals surface area (Å²) in [6.07, 6.45) is 6.88. The molecule has 0 saturated heterocycles. The van der Waals surface area contributed by atoms with Crippen LogP contribution in [0.2, 0.25) is 0 Å². The molecule has 1 rings (SSSR count). The van der Waals surface area contributed by atoms with Crippen LogP contribution in [0.1, 0.15) is 12.1 Å². The highest BCUT2D eigenvalue weighted by atomic mass is 32.1. The van der Waals surface area contributed by atoms with Gasteiger partial charge in [0, 0.05) is 6.20 Å². The lowest BCUT2D eigenvalue weighted by Gasteiger charge is -1.88. The van der Waals surface area contributed by atoms with Gasteiger partial charge in [-0.2, -0.15) is 12.6 Å². The van der Waals surface area contributed by atoms with Gasteiger partial charge in [-0.05, 0) is 30.4 Å². The Balaban J connectivity index is 2.50. The third-order valence-electron chi connectivity index (χ3n) is 1.27. The number of rotatable bonds is 3. The molecule has 0 fully saturated rings. The molecule has 0 N–H and O–H groups in total. The van der Waals surface area contributed by atoms with Crippen LogP contribution in [0.25, 0.3) is 6.08 Å². The molecule has 1 heterocycles. The summed E-state index contributed by atoms with van der Waals surface area (Å²) in [5.74, 6) is 0.892. The van der Waals surface area contributed by atoms with E-state index in [4.69, 9.17) is 0 Å². The van der Waals surface area contributed by atoms with E-state index in [-0.39, 0.29) is 0 Å². The fraction of sp³-hybridized carbons (Fsp3) is 0.222. The fourth-order valence-electron chi connectivity index (χ4n) is 0.753. The van der Waals surface area contributed by atoms with Gasteiger partial charge in [0.25, 0.3) is 0 Å². The van der Waals surface area contributed by atoms with Crippen molar-refractivity contribution in [3.8, 4) is 0 Å². The topological polar surface area (TPSA) is 12.9 Å². The first-order chi connectivity index (χ1) is 5.43. The van der Waals surface area contributed by atoms with Gasteiger partial charge in [0.05, 0.1) is 5.69 Å². The summed E-state index contributed by atoms with van der Waals surface area (Å²) >= 11 is 4.10. The summed E-state index contributed by atoms with van der Waals surface area (Å²) in [4.78, 5) is 4.14. The number of thiol groups is 1. The highest BCUT2D eigenvalue weighted by molar-refractivity contribution is 7.80. The van der Waals surface area contributed by atoms with Crippen molar-refractivity contribution in [1.82, 2.24) is 4.98 Å². The van der Waals surface area contributed by atoms with Gasteiger partial charge >= 0.3 is 0 Å². The monoisotopic (exact) mass is 165 g/mol. The van der Waals surface area contributed by atoms with E-state index < -0.39 is 0 Å². The number of aromatic nitrogens is 1. The SMILES string of the molecule is SCCC=Cc1ccccn1. The summed E-state index contributed by atoms with van der Waals surface area (Å²) in [5, 5.41) is 0. The Bertz CT molecular complexity index is 218. The maximum absolute atomic E-state index is 4.14. The second-order valence-electron chi connectivity index (χ2n) is 2.17. The summed E-state index contributed by atoms with van der Waals surface area (Å²) in [6, 6.07) is 5.87. The molecule has 0 aromatic carbocycles. The lowest BCUT2D eigenvalue weighted by molar-refractivity contribution is 1.24. The molecule has 0 amide bonds. The molecule has 1 aromatic rings. The van der Waals surface area contributed by atoms with Crippen LogP contribution in [-0.4, -0.2) is 10.7 Å². The fourth-order valence-corrected chi connectivity index (χ4v) is 0.902. The van der Waals surface area contributed by atoms with Crippen molar-refractivity contribution in [3.63, 3.8) is 0 Å². The van der Waals surface area contributed by atoms with Crippen molar-refractivity contribution in [1.29, 1.82) is 0 Å². The van der Waals surface area contributed by atoms with E-state index >= 15 is 0 Å². The molecule has 11 heavy (non-hydrogen) atoms. The summed E-state index contributed by atoms with van der Waals surface area (Å²) in [6.45, 7) is 0. The summed E-state index contributed by atoms with van der Waals surface area (Å²) in [5.41, 5.74) is 1.01. The average molecular weight is 165 g/mol. The third kappa shape index (κ3) is 3.23. The van der Waals surface area contributed by atoms with E-state index in [0.29, 0.717) is 0 Å². The summed E-state index contributed by atoms with van der Waals surface area (Å²) in [7, 11) is 0. The maximum atomic E-state index is 4.14. The Morgan fingerprint density at radius 3 is 3.00 bits per heavy atom. The molecule has 2 heteroatoms. The second kappa shape index (κ2) is 4.97. The molecule has 1 aromatic heterocycles. The Kier molecular flexibility index (Phi) is 3.76. The molecule has 1 nitrogen and oxygen atoms in total. The van der Waals surface area contributed by atoms with Crippen LogP contribution in [0.15, 0.2) is 30.5 Å². The van der Waals surface area contributed by atoms with Crippen molar-refractivity contribution in [2.75, 3.05) is 5.75 Å². The first-order valence-corrected chi connectivity index (χ1v) is 4.25. The van der Waals surface area contributed by atoms with E-state index in [9.17, 15) is 0 Å². The zero-order chi connectivity index (χ0) is 7.94. The van der Waals surface area contributed by atoms with Crippen LogP contribution in [0.4, 0.5) is 0 Å². The van der Waals surface area contributed by atoms with Crippen molar-refractivity contribution in [3.05, 3.63) is 36.2 Å². The van der Waals surface area contributed by atoms with Gasteiger partial charge in [-0.15, -0.1) is 0 Å². The molecule has 0 radical (unpaired) electrons. The largest absolute Gasteiger partial charge is 0.257 e. The predicted molar refractivity (Wildman–Crippen MR) is 51.7 cm³/mol. The van der Waals surface area contributed by atoms with Gasteiger partial charge in [0.1, 0.15) is 0 Å². The Morgan fingerprint density at radius 1 is 1.45 bits per heavy atom. The van der Waals surface area contributed by atoms with Crippen LogP contribution in [-0.2, 0) is 0 Å². The summed E-state index contributed by atoms with van der Waals surface area (Å²) < 4.78 is 0. The van der Waals surface area contributed by atoms with Crippen LogP contribution in [0, 0.1) is 0 Å². The molecule has 0 aliphatic heterocycles. The molecule has 0 aliphatic carbocycles. The van der Waals surface area contributed by atoms with E-state index in [1.54, 1.807) is 6.20 Å². The van der Waals surface area contributed by atoms with Crippen molar-refractivity contribution >= 4 is 18.7 Å². The van der Waals surface area contributed by atoms with Gasteiger partial charge < -0.3 is 0 Å². The highest BCUT2D eigenvalue weighted by Gasteiger charge is 1.81. The molecule has 0 spiro atoms. The normalized spacial score (nSPS) is 10.6. The average Bonchev–Trinajstić information content (AvgIpc) is 2.07. The predicted octanol–water partition coefficient (Wildman–Crippen LogP) is 2.41. The standard InChI is InChI=1S/C9H11NS/c11-8-4-2-6-9-5-1-3-7-10-9/h1-3,5-7,11H,4,8H2. The third-order valence-corrected chi connectivity index (χ3v) is 1.53. The Labute approximate surface area is 72.6 Å². The first kappa shape index (κ1) is 8.34. The number of allylic oxidation sites excluding steroid dienone is 1. The van der Waals surface area contributed by atoms with E-state index in [0.717, 1.165) is 17.9 Å². The van der Waals surface area contributed by atoms with Gasteiger partial charge in [0.2, 0.25) is 0 Å². The first-order valence-electron chi connectivity index (χ1n) is 3.62. The minimum absolute atomic E-state index is 0.892. The lowest BCUT2D eigenvalue weighted by Crippen LogP contribution is -1.76. The molecule has 58 valence electrons. The maximum Gasteiger partial charge on any atom is 0.0626 e. The number of hydrogen-bond acceptors (Lipinski definition) is 2. The quantitative estimate of drug-likeness (QED) is 0.679. The van der Waals surface area contributed by atoms with E-state index in [2.05, 4.69) is 23.7 Å². The lowest BCUT2D eigenvalue weighted by atomic mass is 10.3. The van der Waals surface area contributed by atoms with Gasteiger partial charge in [-0.1, -0.05) is 12.1 Å². The number of pyridine rings is 1. The van der Waals surface area contributed by atoms with Gasteiger partial charge in [-0.3, -0.25) is 4.98 Å². The molecule has 0 aliphatic rings. The van der Waals surface area contributed by atoms with Gasteiger partial charge in [0.15, 0.2) is 0 Å². The zero-order valence-corrected chi connectivity index (χ0v) is 7.17. The second-order valence-corrected chi connectivity index (χ2v) is 2.62. The smallest absolute Gasteiger partial charge is 0.0626 e. The Hall–Kier alpha value is -0.760. The minimum atomic E-state index is 0.892.